The molecule has 18 heavy (non-hydrogen) atoms. The van der Waals surface area contributed by atoms with Crippen molar-refractivity contribution in [3.63, 3.8) is 0 Å². The van der Waals surface area contributed by atoms with Crippen molar-refractivity contribution in [2.45, 2.75) is 31.1 Å². The Morgan fingerprint density at radius 3 is 2.67 bits per heavy atom. The molecule has 4 nitrogen and oxygen atoms in total. The minimum atomic E-state index is -3.19. The molecule has 1 unspecified atom stereocenters. The fraction of sp³-hybridized carbons (Fsp3) is 0.667. The predicted octanol–water partition coefficient (Wildman–Crippen LogP) is 1.82. The first-order valence-corrected chi connectivity index (χ1v) is 8.62. The zero-order valence-corrected chi connectivity index (χ0v) is 12.4. The molecule has 1 aromatic heterocycles. The van der Waals surface area contributed by atoms with E-state index in [-0.39, 0.29) is 11.3 Å². The highest BCUT2D eigenvalue weighted by atomic mass is 32.2. The second kappa shape index (κ2) is 5.69. The molecule has 1 aromatic rings. The first kappa shape index (κ1) is 14.0. The van der Waals surface area contributed by atoms with Crippen LogP contribution in [0.4, 0.5) is 0 Å². The van der Waals surface area contributed by atoms with Crippen molar-refractivity contribution in [3.05, 3.63) is 22.4 Å². The molecule has 1 aliphatic heterocycles. The van der Waals surface area contributed by atoms with Crippen LogP contribution >= 0.6 is 11.3 Å². The summed E-state index contributed by atoms with van der Waals surface area (Å²) in [6, 6.07) is 3.87. The summed E-state index contributed by atoms with van der Waals surface area (Å²) in [5.41, 5.74) is 0. The van der Waals surface area contributed by atoms with E-state index in [0.717, 1.165) is 18.0 Å². The van der Waals surface area contributed by atoms with Gasteiger partial charge < -0.3 is 5.32 Å². The van der Waals surface area contributed by atoms with Gasteiger partial charge in [0.2, 0.25) is 10.0 Å². The van der Waals surface area contributed by atoms with E-state index < -0.39 is 10.0 Å². The fourth-order valence-electron chi connectivity index (χ4n) is 2.26. The summed E-state index contributed by atoms with van der Waals surface area (Å²) in [7, 11) is -1.49. The smallest absolute Gasteiger partial charge is 0.217 e. The van der Waals surface area contributed by atoms with Gasteiger partial charge in [-0.3, -0.25) is 0 Å². The Morgan fingerprint density at radius 1 is 1.44 bits per heavy atom. The molecule has 0 radical (unpaired) electrons. The summed E-state index contributed by atoms with van der Waals surface area (Å²) in [5.74, 6) is 0. The highest BCUT2D eigenvalue weighted by molar-refractivity contribution is 7.89. The first-order chi connectivity index (χ1) is 8.53. The minimum absolute atomic E-state index is 0.0788. The number of piperidine rings is 1. The van der Waals surface area contributed by atoms with Gasteiger partial charge >= 0.3 is 0 Å². The molecule has 0 aliphatic carbocycles. The summed E-state index contributed by atoms with van der Waals surface area (Å²) in [4.78, 5) is 1.09. The van der Waals surface area contributed by atoms with Crippen LogP contribution in [-0.2, 0) is 10.0 Å². The topological polar surface area (TPSA) is 49.4 Å². The molecular formula is C12H20N2O2S2. The molecule has 2 heterocycles. The molecule has 0 aromatic carbocycles. The molecule has 1 aliphatic rings. The van der Waals surface area contributed by atoms with Gasteiger partial charge in [-0.05, 0) is 44.3 Å². The van der Waals surface area contributed by atoms with E-state index in [0.29, 0.717) is 12.8 Å². The molecule has 1 N–H and O–H groups in total. The van der Waals surface area contributed by atoms with Gasteiger partial charge in [0, 0.05) is 11.9 Å². The number of sulfonamides is 1. The molecule has 0 saturated carbocycles. The van der Waals surface area contributed by atoms with Crippen LogP contribution in [0.2, 0.25) is 0 Å². The van der Waals surface area contributed by atoms with Crippen LogP contribution in [0.1, 0.15) is 30.7 Å². The summed E-state index contributed by atoms with van der Waals surface area (Å²) >= 11 is 1.60. The van der Waals surface area contributed by atoms with E-state index >= 15 is 0 Å². The Balaban J connectivity index is 2.13. The Morgan fingerprint density at radius 2 is 2.11 bits per heavy atom. The van der Waals surface area contributed by atoms with Gasteiger partial charge in [-0.1, -0.05) is 6.07 Å². The van der Waals surface area contributed by atoms with E-state index in [1.54, 1.807) is 18.4 Å². The lowest BCUT2D eigenvalue weighted by Crippen LogP contribution is -2.43. The van der Waals surface area contributed by atoms with Crippen LogP contribution in [0.25, 0.3) is 0 Å². The third-order valence-electron chi connectivity index (χ3n) is 3.61. The van der Waals surface area contributed by atoms with E-state index in [1.807, 2.05) is 24.4 Å². The molecule has 2 rings (SSSR count). The second-order valence-corrected chi connectivity index (χ2v) is 7.95. The van der Waals surface area contributed by atoms with Gasteiger partial charge in [0.25, 0.3) is 0 Å². The molecular weight excluding hydrogens is 268 g/mol. The van der Waals surface area contributed by atoms with Crippen molar-refractivity contribution >= 4 is 21.4 Å². The minimum Gasteiger partial charge on any atom is -0.317 e. The van der Waals surface area contributed by atoms with Crippen molar-refractivity contribution < 1.29 is 8.42 Å². The lowest BCUT2D eigenvalue weighted by atomic mass is 10.2. The molecule has 6 heteroatoms. The predicted molar refractivity (Wildman–Crippen MR) is 75.3 cm³/mol. The van der Waals surface area contributed by atoms with Crippen LogP contribution in [0.15, 0.2) is 17.5 Å². The van der Waals surface area contributed by atoms with E-state index in [9.17, 15) is 8.42 Å². The Hall–Kier alpha value is -0.430. The van der Waals surface area contributed by atoms with Crippen LogP contribution in [0, 0.1) is 0 Å². The van der Waals surface area contributed by atoms with Crippen molar-refractivity contribution in [2.24, 2.45) is 0 Å². The zero-order valence-electron chi connectivity index (χ0n) is 10.8. The lowest BCUT2D eigenvalue weighted by molar-refractivity contribution is 0.383. The molecule has 102 valence electrons. The zero-order chi connectivity index (χ0) is 13.2. The van der Waals surface area contributed by atoms with Crippen LogP contribution in [0.3, 0.4) is 0 Å². The van der Waals surface area contributed by atoms with Gasteiger partial charge in [-0.25, -0.2) is 8.42 Å². The summed E-state index contributed by atoms with van der Waals surface area (Å²) < 4.78 is 26.6. The monoisotopic (exact) mass is 288 g/mol. The highest BCUT2D eigenvalue weighted by Gasteiger charge is 2.33. The first-order valence-electron chi connectivity index (χ1n) is 6.24. The van der Waals surface area contributed by atoms with E-state index in [2.05, 4.69) is 5.32 Å². The van der Waals surface area contributed by atoms with E-state index in [1.165, 1.54) is 4.31 Å². The summed E-state index contributed by atoms with van der Waals surface area (Å²) in [5, 5.41) is 4.95. The number of nitrogens with zero attached hydrogens (tertiary/aromatic N) is 1. The number of nitrogens with one attached hydrogen (secondary N) is 1. The van der Waals surface area contributed by atoms with Crippen molar-refractivity contribution in [1.82, 2.24) is 9.62 Å². The normalized spacial score (nSPS) is 20.2. The second-order valence-electron chi connectivity index (χ2n) is 4.70. The van der Waals surface area contributed by atoms with Crippen molar-refractivity contribution in [3.8, 4) is 0 Å². The number of rotatable bonds is 4. The molecule has 1 saturated heterocycles. The average Bonchev–Trinajstić information content (AvgIpc) is 2.92. The quantitative estimate of drug-likeness (QED) is 0.919. The van der Waals surface area contributed by atoms with Crippen molar-refractivity contribution in [2.75, 3.05) is 20.1 Å². The maximum Gasteiger partial charge on any atom is 0.217 e. The van der Waals surface area contributed by atoms with Gasteiger partial charge in [0.15, 0.2) is 0 Å². The Labute approximate surface area is 113 Å². The lowest BCUT2D eigenvalue weighted by Gasteiger charge is -2.30. The Kier molecular flexibility index (Phi) is 4.42. The summed E-state index contributed by atoms with van der Waals surface area (Å²) in [6.45, 7) is 3.54. The van der Waals surface area contributed by atoms with E-state index in [4.69, 9.17) is 0 Å². The largest absolute Gasteiger partial charge is 0.317 e. The highest BCUT2D eigenvalue weighted by Crippen LogP contribution is 2.28. The van der Waals surface area contributed by atoms with Crippen LogP contribution < -0.4 is 5.32 Å². The number of thiophene rings is 1. The maximum absolute atomic E-state index is 12.5. The average molecular weight is 288 g/mol. The van der Waals surface area contributed by atoms with Gasteiger partial charge in [-0.2, -0.15) is 4.31 Å². The summed E-state index contributed by atoms with van der Waals surface area (Å²) in [6.07, 6.45) is 1.42. The Bertz CT molecular complexity index is 464. The third kappa shape index (κ3) is 2.77. The third-order valence-corrected chi connectivity index (χ3v) is 7.08. The molecule has 0 amide bonds. The SMILES string of the molecule is CC(c1cccs1)N(C)S(=O)(=O)C1CCNCC1. The van der Waals surface area contributed by atoms with Gasteiger partial charge in [-0.15, -0.1) is 11.3 Å². The van der Waals surface area contributed by atoms with Gasteiger partial charge in [0.1, 0.15) is 0 Å². The molecule has 0 bridgehead atoms. The maximum atomic E-state index is 12.5. The fourth-order valence-corrected chi connectivity index (χ4v) is 5.01. The molecule has 1 fully saturated rings. The molecule has 1 atom stereocenters. The number of hydrogen-bond acceptors (Lipinski definition) is 4. The van der Waals surface area contributed by atoms with Crippen LogP contribution in [0.5, 0.6) is 0 Å². The van der Waals surface area contributed by atoms with Crippen LogP contribution in [-0.4, -0.2) is 38.1 Å². The molecule has 0 spiro atoms. The van der Waals surface area contributed by atoms with Gasteiger partial charge in [0.05, 0.1) is 11.3 Å². The van der Waals surface area contributed by atoms with Crippen molar-refractivity contribution in [1.29, 1.82) is 0 Å². The standard InChI is InChI=1S/C12H20N2O2S2/c1-10(12-4-3-9-17-12)14(2)18(15,16)11-5-7-13-8-6-11/h3-4,9-11,13H,5-8H2,1-2H3. The number of hydrogen-bond donors (Lipinski definition) is 1.